The van der Waals surface area contributed by atoms with Crippen LogP contribution in [0.4, 0.5) is 0 Å². The van der Waals surface area contributed by atoms with Gasteiger partial charge >= 0.3 is 0 Å². The summed E-state index contributed by atoms with van der Waals surface area (Å²) in [5.74, 6) is 2.56. The van der Waals surface area contributed by atoms with Gasteiger partial charge in [0.1, 0.15) is 31.0 Å². The Balaban J connectivity index is 1.83. The second-order valence-corrected chi connectivity index (χ2v) is 7.68. The molecule has 0 aliphatic carbocycles. The van der Waals surface area contributed by atoms with E-state index >= 15 is 0 Å². The maximum atomic E-state index is 6.00. The van der Waals surface area contributed by atoms with Gasteiger partial charge in [0.25, 0.3) is 0 Å². The van der Waals surface area contributed by atoms with Crippen molar-refractivity contribution in [1.82, 2.24) is 0 Å². The first-order valence-corrected chi connectivity index (χ1v) is 10.7. The molecule has 0 aliphatic rings. The number of benzene rings is 2. The molecule has 2 aromatic carbocycles. The maximum absolute atomic E-state index is 6.00. The third-order valence-corrected chi connectivity index (χ3v) is 5.01. The molecule has 0 aliphatic heterocycles. The predicted octanol–water partition coefficient (Wildman–Crippen LogP) is 6.24. The van der Waals surface area contributed by atoms with Crippen molar-refractivity contribution in [2.45, 2.75) is 34.1 Å². The molecule has 0 atom stereocenters. The number of ether oxygens (including phenoxy) is 3. The molecule has 0 spiro atoms. The van der Waals surface area contributed by atoms with Crippen LogP contribution in [0.15, 0.2) is 52.1 Å². The standard InChI is InChI=1S/C24H30BrNO4/c1-6-7-11-28-21-14-17(2)24(18(3)15-21)30-13-8-12-29-23-10-9-20(16-22(23)25)19(4)26-27-5/h6-7,9-10,14-16H,8,11-13H2,1-5H3/b7-6+,26-19+. The van der Waals surface area contributed by atoms with E-state index in [2.05, 4.69) is 21.1 Å². The van der Waals surface area contributed by atoms with Crippen molar-refractivity contribution in [3.8, 4) is 17.2 Å². The molecule has 2 rings (SSSR count). The van der Waals surface area contributed by atoms with Crippen LogP contribution in [-0.4, -0.2) is 32.6 Å². The highest BCUT2D eigenvalue weighted by molar-refractivity contribution is 9.10. The van der Waals surface area contributed by atoms with Crippen LogP contribution >= 0.6 is 15.9 Å². The number of nitrogens with zero attached hydrogens (tertiary/aromatic N) is 1. The van der Waals surface area contributed by atoms with Crippen LogP contribution in [0, 0.1) is 13.8 Å². The zero-order chi connectivity index (χ0) is 21.9. The van der Waals surface area contributed by atoms with Gasteiger partial charge in [-0.3, -0.25) is 0 Å². The van der Waals surface area contributed by atoms with E-state index in [1.54, 1.807) is 0 Å². The van der Waals surface area contributed by atoms with E-state index in [-0.39, 0.29) is 0 Å². The summed E-state index contributed by atoms with van der Waals surface area (Å²) in [5, 5.41) is 3.95. The Morgan fingerprint density at radius 1 is 1.03 bits per heavy atom. The van der Waals surface area contributed by atoms with E-state index in [0.717, 1.165) is 50.5 Å². The van der Waals surface area contributed by atoms with Crippen molar-refractivity contribution < 1.29 is 19.0 Å². The summed E-state index contributed by atoms with van der Waals surface area (Å²) in [6.07, 6.45) is 4.73. The molecule has 0 bridgehead atoms. The summed E-state index contributed by atoms with van der Waals surface area (Å²) in [6.45, 7) is 9.66. The van der Waals surface area contributed by atoms with Crippen LogP contribution in [0.25, 0.3) is 0 Å². The minimum Gasteiger partial charge on any atom is -0.493 e. The number of oxime groups is 1. The van der Waals surface area contributed by atoms with Crippen LogP contribution in [0.5, 0.6) is 17.2 Å². The molecule has 0 fully saturated rings. The summed E-state index contributed by atoms with van der Waals surface area (Å²) in [6, 6.07) is 9.87. The van der Waals surface area contributed by atoms with Crippen LogP contribution in [-0.2, 0) is 4.84 Å². The molecule has 0 saturated carbocycles. The predicted molar refractivity (Wildman–Crippen MR) is 125 cm³/mol. The summed E-state index contributed by atoms with van der Waals surface area (Å²) < 4.78 is 18.5. The zero-order valence-corrected chi connectivity index (χ0v) is 19.9. The Morgan fingerprint density at radius 3 is 2.37 bits per heavy atom. The van der Waals surface area contributed by atoms with Crippen LogP contribution in [0.3, 0.4) is 0 Å². The zero-order valence-electron chi connectivity index (χ0n) is 18.3. The molecule has 5 nitrogen and oxygen atoms in total. The van der Waals surface area contributed by atoms with Crippen LogP contribution in [0.2, 0.25) is 0 Å². The molecular formula is C24H30BrNO4. The average Bonchev–Trinajstić information content (AvgIpc) is 2.71. The minimum atomic E-state index is 0.561. The minimum absolute atomic E-state index is 0.561. The Bertz CT molecular complexity index is 870. The molecule has 2 aromatic rings. The molecule has 0 unspecified atom stereocenters. The number of allylic oxidation sites excluding steroid dienone is 1. The first-order valence-electron chi connectivity index (χ1n) is 9.94. The van der Waals surface area contributed by atoms with Crippen molar-refractivity contribution in [3.05, 3.63) is 63.6 Å². The molecule has 0 aromatic heterocycles. The Hall–Kier alpha value is -2.47. The molecule has 0 amide bonds. The lowest BCUT2D eigenvalue weighted by Crippen LogP contribution is -2.07. The summed E-state index contributed by atoms with van der Waals surface area (Å²) in [4.78, 5) is 4.82. The average molecular weight is 476 g/mol. The van der Waals surface area contributed by atoms with Gasteiger partial charge in [-0.1, -0.05) is 17.3 Å². The first kappa shape index (κ1) is 23.8. The number of rotatable bonds is 11. The fourth-order valence-corrected chi connectivity index (χ4v) is 3.40. The van der Waals surface area contributed by atoms with Crippen LogP contribution < -0.4 is 14.2 Å². The maximum Gasteiger partial charge on any atom is 0.133 e. The van der Waals surface area contributed by atoms with E-state index in [1.807, 2.05) is 70.2 Å². The fourth-order valence-electron chi connectivity index (χ4n) is 2.91. The van der Waals surface area contributed by atoms with Crippen molar-refractivity contribution >= 4 is 21.6 Å². The van der Waals surface area contributed by atoms with Gasteiger partial charge in [0.2, 0.25) is 0 Å². The monoisotopic (exact) mass is 475 g/mol. The Kier molecular flexibility index (Phi) is 9.74. The van der Waals surface area contributed by atoms with E-state index in [4.69, 9.17) is 19.0 Å². The van der Waals surface area contributed by atoms with E-state index < -0.39 is 0 Å². The highest BCUT2D eigenvalue weighted by Gasteiger charge is 2.08. The second kappa shape index (κ2) is 12.3. The third kappa shape index (κ3) is 7.10. The lowest BCUT2D eigenvalue weighted by atomic mass is 10.1. The van der Waals surface area contributed by atoms with Gasteiger partial charge < -0.3 is 19.0 Å². The van der Waals surface area contributed by atoms with Gasteiger partial charge in [0.05, 0.1) is 23.4 Å². The molecule has 0 heterocycles. The normalized spacial score (nSPS) is 11.6. The van der Waals surface area contributed by atoms with Gasteiger partial charge in [-0.05, 0) is 85.1 Å². The topological polar surface area (TPSA) is 49.3 Å². The molecule has 6 heteroatoms. The largest absolute Gasteiger partial charge is 0.493 e. The van der Waals surface area contributed by atoms with Crippen molar-refractivity contribution in [2.75, 3.05) is 26.9 Å². The Labute approximate surface area is 187 Å². The molecule has 0 saturated heterocycles. The third-order valence-electron chi connectivity index (χ3n) is 4.39. The van der Waals surface area contributed by atoms with E-state index in [9.17, 15) is 0 Å². The number of halogens is 1. The van der Waals surface area contributed by atoms with Gasteiger partial charge in [-0.2, -0.15) is 0 Å². The smallest absolute Gasteiger partial charge is 0.133 e. The van der Waals surface area contributed by atoms with Crippen molar-refractivity contribution in [1.29, 1.82) is 0 Å². The SMILES string of the molecule is C/C=C/COc1cc(C)c(OCCCOc2ccc(/C(C)=N/OC)cc2Br)c(C)c1. The summed E-state index contributed by atoms with van der Waals surface area (Å²) >= 11 is 3.55. The molecule has 30 heavy (non-hydrogen) atoms. The number of hydrogen-bond donors (Lipinski definition) is 0. The summed E-state index contributed by atoms with van der Waals surface area (Å²) in [7, 11) is 1.54. The second-order valence-electron chi connectivity index (χ2n) is 6.82. The van der Waals surface area contributed by atoms with E-state index in [0.29, 0.717) is 19.8 Å². The highest BCUT2D eigenvalue weighted by Crippen LogP contribution is 2.29. The number of aryl methyl sites for hydroxylation is 2. The van der Waals surface area contributed by atoms with Crippen LogP contribution in [0.1, 0.15) is 37.0 Å². The van der Waals surface area contributed by atoms with Gasteiger partial charge in [0.15, 0.2) is 0 Å². The molecule has 162 valence electrons. The first-order chi connectivity index (χ1) is 14.5. The van der Waals surface area contributed by atoms with Gasteiger partial charge in [-0.15, -0.1) is 0 Å². The van der Waals surface area contributed by atoms with Gasteiger partial charge in [0, 0.05) is 12.0 Å². The van der Waals surface area contributed by atoms with E-state index in [1.165, 1.54) is 7.11 Å². The number of hydrogen-bond acceptors (Lipinski definition) is 5. The highest BCUT2D eigenvalue weighted by atomic mass is 79.9. The quantitative estimate of drug-likeness (QED) is 0.167. The Morgan fingerprint density at radius 2 is 1.73 bits per heavy atom. The molecule has 0 N–H and O–H groups in total. The van der Waals surface area contributed by atoms with Gasteiger partial charge in [-0.25, -0.2) is 0 Å². The molecule has 0 radical (unpaired) electrons. The molecular weight excluding hydrogens is 446 g/mol. The fraction of sp³-hybridized carbons (Fsp3) is 0.375. The van der Waals surface area contributed by atoms with Crippen molar-refractivity contribution in [2.24, 2.45) is 5.16 Å². The lowest BCUT2D eigenvalue weighted by Gasteiger charge is -2.15. The summed E-state index contributed by atoms with van der Waals surface area (Å²) in [5.41, 5.74) is 3.92. The lowest BCUT2D eigenvalue weighted by molar-refractivity contribution is 0.213. The van der Waals surface area contributed by atoms with Crippen molar-refractivity contribution in [3.63, 3.8) is 0 Å².